The van der Waals surface area contributed by atoms with E-state index in [1.54, 1.807) is 6.07 Å². The van der Waals surface area contributed by atoms with Crippen LogP contribution in [-0.2, 0) is 6.42 Å². The second-order valence-corrected chi connectivity index (χ2v) is 5.04. The van der Waals surface area contributed by atoms with Crippen LogP contribution in [0.1, 0.15) is 12.5 Å². The molecule has 4 heteroatoms. The lowest BCUT2D eigenvalue weighted by Crippen LogP contribution is -1.99. The Hall–Kier alpha value is -2.13. The van der Waals surface area contributed by atoms with Gasteiger partial charge in [0, 0.05) is 16.0 Å². The summed E-state index contributed by atoms with van der Waals surface area (Å²) in [7, 11) is 0. The van der Waals surface area contributed by atoms with Gasteiger partial charge in [-0.25, -0.2) is 9.97 Å². The second kappa shape index (κ2) is 5.10. The van der Waals surface area contributed by atoms with Gasteiger partial charge in [0.05, 0.1) is 5.52 Å². The number of aryl methyl sites for hydroxylation is 1. The number of anilines is 1. The Morgan fingerprint density at radius 3 is 2.70 bits per heavy atom. The Morgan fingerprint density at radius 1 is 1.10 bits per heavy atom. The first-order valence-electron chi connectivity index (χ1n) is 6.50. The molecule has 2 N–H and O–H groups in total. The van der Waals surface area contributed by atoms with Crippen LogP contribution in [0.4, 0.5) is 5.82 Å². The molecule has 0 aliphatic rings. The van der Waals surface area contributed by atoms with Crippen LogP contribution in [0, 0.1) is 0 Å². The smallest absolute Gasteiger partial charge is 0.162 e. The fourth-order valence-corrected chi connectivity index (χ4v) is 2.46. The fraction of sp³-hybridized carbons (Fsp3) is 0.125. The van der Waals surface area contributed by atoms with E-state index in [9.17, 15) is 0 Å². The summed E-state index contributed by atoms with van der Waals surface area (Å²) in [5, 5.41) is 1.47. The summed E-state index contributed by atoms with van der Waals surface area (Å²) in [6.45, 7) is 2.11. The SMILES string of the molecule is CCc1ccccc1-c1nc(N)c2ccc(Cl)cc2n1. The van der Waals surface area contributed by atoms with Gasteiger partial charge in [0.15, 0.2) is 5.82 Å². The van der Waals surface area contributed by atoms with Gasteiger partial charge in [-0.15, -0.1) is 0 Å². The molecule has 20 heavy (non-hydrogen) atoms. The van der Waals surface area contributed by atoms with Gasteiger partial charge in [0.25, 0.3) is 0 Å². The Morgan fingerprint density at radius 2 is 1.90 bits per heavy atom. The predicted molar refractivity (Wildman–Crippen MR) is 83.8 cm³/mol. The van der Waals surface area contributed by atoms with Gasteiger partial charge in [-0.3, -0.25) is 0 Å². The molecule has 1 aromatic heterocycles. The number of nitrogens with zero attached hydrogens (tertiary/aromatic N) is 2. The van der Waals surface area contributed by atoms with Crippen LogP contribution in [0.25, 0.3) is 22.3 Å². The Bertz CT molecular complexity index is 784. The first-order chi connectivity index (χ1) is 9.69. The lowest BCUT2D eigenvalue weighted by atomic mass is 10.0. The Kier molecular flexibility index (Phi) is 3.28. The average Bonchev–Trinajstić information content (AvgIpc) is 2.46. The van der Waals surface area contributed by atoms with E-state index < -0.39 is 0 Å². The maximum atomic E-state index is 6.04. The summed E-state index contributed by atoms with van der Waals surface area (Å²) in [5.41, 5.74) is 9.03. The Balaban J connectivity index is 2.26. The number of rotatable bonds is 2. The van der Waals surface area contributed by atoms with Crippen LogP contribution in [0.3, 0.4) is 0 Å². The standard InChI is InChI=1S/C16H14ClN3/c1-2-10-5-3-4-6-12(10)16-19-14-9-11(17)7-8-13(14)15(18)20-16/h3-9H,2H2,1H3,(H2,18,19,20). The molecule has 0 aliphatic carbocycles. The highest BCUT2D eigenvalue weighted by Gasteiger charge is 2.10. The number of halogens is 1. The lowest BCUT2D eigenvalue weighted by Gasteiger charge is -2.09. The van der Waals surface area contributed by atoms with Crippen LogP contribution in [0.5, 0.6) is 0 Å². The predicted octanol–water partition coefficient (Wildman–Crippen LogP) is 4.09. The van der Waals surface area contributed by atoms with Gasteiger partial charge in [-0.05, 0) is 30.2 Å². The van der Waals surface area contributed by atoms with Gasteiger partial charge in [0.1, 0.15) is 5.82 Å². The third-order valence-corrected chi connectivity index (χ3v) is 3.56. The molecule has 3 rings (SSSR count). The summed E-state index contributed by atoms with van der Waals surface area (Å²) in [6.07, 6.45) is 0.924. The minimum Gasteiger partial charge on any atom is -0.383 e. The van der Waals surface area contributed by atoms with E-state index in [-0.39, 0.29) is 0 Å². The van der Waals surface area contributed by atoms with Crippen LogP contribution in [0.15, 0.2) is 42.5 Å². The van der Waals surface area contributed by atoms with Crippen molar-refractivity contribution >= 4 is 28.3 Å². The normalized spacial score (nSPS) is 10.9. The quantitative estimate of drug-likeness (QED) is 0.770. The lowest BCUT2D eigenvalue weighted by molar-refractivity contribution is 1.12. The number of hydrogen-bond acceptors (Lipinski definition) is 3. The zero-order valence-corrected chi connectivity index (χ0v) is 11.9. The average molecular weight is 284 g/mol. The molecular formula is C16H14ClN3. The summed E-state index contributed by atoms with van der Waals surface area (Å²) in [5.74, 6) is 1.13. The molecular weight excluding hydrogens is 270 g/mol. The molecule has 2 aromatic carbocycles. The highest BCUT2D eigenvalue weighted by Crippen LogP contribution is 2.27. The molecule has 3 nitrogen and oxygen atoms in total. The largest absolute Gasteiger partial charge is 0.383 e. The topological polar surface area (TPSA) is 51.8 Å². The molecule has 0 fully saturated rings. The van der Waals surface area contributed by atoms with Crippen molar-refractivity contribution in [3.63, 3.8) is 0 Å². The number of nitrogens with two attached hydrogens (primary N) is 1. The number of hydrogen-bond donors (Lipinski definition) is 1. The summed E-state index contributed by atoms with van der Waals surface area (Å²) < 4.78 is 0. The van der Waals surface area contributed by atoms with E-state index >= 15 is 0 Å². The minimum absolute atomic E-state index is 0.479. The van der Waals surface area contributed by atoms with Crippen molar-refractivity contribution in [2.45, 2.75) is 13.3 Å². The van der Waals surface area contributed by atoms with Crippen molar-refractivity contribution < 1.29 is 0 Å². The van der Waals surface area contributed by atoms with E-state index in [1.807, 2.05) is 30.3 Å². The van der Waals surface area contributed by atoms with Gasteiger partial charge < -0.3 is 5.73 Å². The molecule has 0 aliphatic heterocycles. The molecule has 0 atom stereocenters. The van der Waals surface area contributed by atoms with Crippen molar-refractivity contribution in [2.24, 2.45) is 0 Å². The molecule has 1 heterocycles. The van der Waals surface area contributed by atoms with Crippen LogP contribution in [0.2, 0.25) is 5.02 Å². The third-order valence-electron chi connectivity index (χ3n) is 3.33. The zero-order valence-electron chi connectivity index (χ0n) is 11.1. The first kappa shape index (κ1) is 12.9. The van der Waals surface area contributed by atoms with Gasteiger partial charge in [-0.1, -0.05) is 42.8 Å². The summed E-state index contributed by atoms with van der Waals surface area (Å²) in [6, 6.07) is 13.6. The maximum absolute atomic E-state index is 6.04. The molecule has 0 saturated heterocycles. The molecule has 0 radical (unpaired) electrons. The number of aromatic nitrogens is 2. The molecule has 3 aromatic rings. The van der Waals surface area contributed by atoms with E-state index in [2.05, 4.69) is 23.0 Å². The van der Waals surface area contributed by atoms with Crippen LogP contribution >= 0.6 is 11.6 Å². The second-order valence-electron chi connectivity index (χ2n) is 4.60. The summed E-state index contributed by atoms with van der Waals surface area (Å²) in [4.78, 5) is 9.03. The van der Waals surface area contributed by atoms with Crippen molar-refractivity contribution in [1.82, 2.24) is 9.97 Å². The first-order valence-corrected chi connectivity index (χ1v) is 6.88. The van der Waals surface area contributed by atoms with E-state index in [0.717, 1.165) is 22.9 Å². The van der Waals surface area contributed by atoms with E-state index in [0.29, 0.717) is 16.7 Å². The molecule has 0 spiro atoms. The maximum Gasteiger partial charge on any atom is 0.162 e. The third kappa shape index (κ3) is 2.21. The Labute approximate surface area is 122 Å². The minimum atomic E-state index is 0.479. The van der Waals surface area contributed by atoms with Crippen molar-refractivity contribution in [3.8, 4) is 11.4 Å². The molecule has 0 bridgehead atoms. The molecule has 0 unspecified atom stereocenters. The van der Waals surface area contributed by atoms with Crippen LogP contribution in [-0.4, -0.2) is 9.97 Å². The van der Waals surface area contributed by atoms with Crippen LogP contribution < -0.4 is 5.73 Å². The van der Waals surface area contributed by atoms with E-state index in [1.165, 1.54) is 5.56 Å². The monoisotopic (exact) mass is 283 g/mol. The van der Waals surface area contributed by atoms with Gasteiger partial charge in [-0.2, -0.15) is 0 Å². The summed E-state index contributed by atoms with van der Waals surface area (Å²) >= 11 is 6.03. The van der Waals surface area contributed by atoms with Crippen molar-refractivity contribution in [1.29, 1.82) is 0 Å². The number of fused-ring (bicyclic) bond motifs is 1. The number of benzene rings is 2. The van der Waals surface area contributed by atoms with Crippen molar-refractivity contribution in [3.05, 3.63) is 53.1 Å². The molecule has 0 amide bonds. The molecule has 0 saturated carbocycles. The van der Waals surface area contributed by atoms with Gasteiger partial charge >= 0.3 is 0 Å². The zero-order chi connectivity index (χ0) is 14.1. The molecule has 100 valence electrons. The fourth-order valence-electron chi connectivity index (χ4n) is 2.29. The highest BCUT2D eigenvalue weighted by molar-refractivity contribution is 6.31. The highest BCUT2D eigenvalue weighted by atomic mass is 35.5. The van der Waals surface area contributed by atoms with Crippen molar-refractivity contribution in [2.75, 3.05) is 5.73 Å². The van der Waals surface area contributed by atoms with Gasteiger partial charge in [0.2, 0.25) is 0 Å². The number of nitrogen functional groups attached to an aromatic ring is 1. The van der Waals surface area contributed by atoms with E-state index in [4.69, 9.17) is 17.3 Å².